The summed E-state index contributed by atoms with van der Waals surface area (Å²) in [7, 11) is 0. The molecule has 0 saturated carbocycles. The second-order valence-electron chi connectivity index (χ2n) is 5.36. The van der Waals surface area contributed by atoms with Crippen LogP contribution in [-0.4, -0.2) is 56.1 Å². The van der Waals surface area contributed by atoms with E-state index in [1.807, 2.05) is 0 Å². The van der Waals surface area contributed by atoms with Gasteiger partial charge in [0.1, 0.15) is 12.4 Å². The number of ether oxygens (including phenoxy) is 1. The average molecular weight is 279 g/mol. The van der Waals surface area contributed by atoms with Gasteiger partial charge in [-0.1, -0.05) is 0 Å². The third-order valence-corrected chi connectivity index (χ3v) is 3.89. The molecule has 0 amide bonds. The first kappa shape index (κ1) is 12.0. The number of alkyl halides is 1. The van der Waals surface area contributed by atoms with Crippen molar-refractivity contribution in [3.05, 3.63) is 12.7 Å². The highest BCUT2D eigenvalue weighted by Gasteiger charge is 2.50. The molecule has 20 heavy (non-hydrogen) atoms. The number of aromatic nitrogens is 4. The van der Waals surface area contributed by atoms with Crippen LogP contribution in [0.5, 0.6) is 0 Å². The highest BCUT2D eigenvalue weighted by atomic mass is 19.1. The molecule has 3 atom stereocenters. The first-order valence-corrected chi connectivity index (χ1v) is 6.50. The molecular weight excluding hydrogens is 265 g/mol. The lowest BCUT2D eigenvalue weighted by Gasteiger charge is -2.24. The van der Waals surface area contributed by atoms with Crippen molar-refractivity contribution >= 4 is 17.0 Å². The van der Waals surface area contributed by atoms with Gasteiger partial charge in [0.25, 0.3) is 0 Å². The molecule has 0 radical (unpaired) electrons. The zero-order valence-electron chi connectivity index (χ0n) is 10.9. The molecule has 0 bridgehead atoms. The first-order chi connectivity index (χ1) is 9.59. The standard InChI is InChI=1S/C12H14FN5O2/c1-12(13)7(19)4-20-11(12)18-6-16-8-9(17-2-3-17)14-5-15-10(8)18/h5-7,11,19H,2-4H2,1H3. The molecule has 106 valence electrons. The van der Waals surface area contributed by atoms with Gasteiger partial charge in [-0.3, -0.25) is 4.57 Å². The predicted octanol–water partition coefficient (Wildman–Crippen LogP) is 0.264. The fourth-order valence-corrected chi connectivity index (χ4v) is 2.53. The minimum atomic E-state index is -1.88. The quantitative estimate of drug-likeness (QED) is 0.795. The number of rotatable bonds is 2. The Labute approximate surface area is 114 Å². The molecule has 2 aromatic heterocycles. The van der Waals surface area contributed by atoms with Crippen LogP contribution in [0.25, 0.3) is 11.2 Å². The van der Waals surface area contributed by atoms with Crippen molar-refractivity contribution in [3.63, 3.8) is 0 Å². The second-order valence-corrected chi connectivity index (χ2v) is 5.36. The van der Waals surface area contributed by atoms with Crippen molar-refractivity contribution in [3.8, 4) is 0 Å². The second kappa shape index (κ2) is 3.86. The molecule has 2 saturated heterocycles. The summed E-state index contributed by atoms with van der Waals surface area (Å²) in [5, 5.41) is 9.68. The molecule has 2 aliphatic heterocycles. The van der Waals surface area contributed by atoms with Crippen molar-refractivity contribution in [1.29, 1.82) is 0 Å². The van der Waals surface area contributed by atoms with Crippen LogP contribution >= 0.6 is 0 Å². The largest absolute Gasteiger partial charge is 0.387 e. The van der Waals surface area contributed by atoms with Gasteiger partial charge < -0.3 is 14.7 Å². The molecule has 3 unspecified atom stereocenters. The Bertz CT molecular complexity index is 669. The van der Waals surface area contributed by atoms with Crippen molar-refractivity contribution in [2.75, 3.05) is 24.6 Å². The number of hydrogen-bond donors (Lipinski definition) is 1. The van der Waals surface area contributed by atoms with Crippen LogP contribution in [0.1, 0.15) is 13.2 Å². The van der Waals surface area contributed by atoms with Gasteiger partial charge in [-0.2, -0.15) is 0 Å². The van der Waals surface area contributed by atoms with Gasteiger partial charge in [0.2, 0.25) is 0 Å². The lowest BCUT2D eigenvalue weighted by molar-refractivity contribution is -0.0339. The third-order valence-electron chi connectivity index (χ3n) is 3.89. The van der Waals surface area contributed by atoms with Crippen molar-refractivity contribution in [2.45, 2.75) is 24.9 Å². The van der Waals surface area contributed by atoms with Crippen LogP contribution in [-0.2, 0) is 4.74 Å². The zero-order chi connectivity index (χ0) is 13.9. The summed E-state index contributed by atoms with van der Waals surface area (Å²) in [6.07, 6.45) is 0.847. The predicted molar refractivity (Wildman–Crippen MR) is 68.0 cm³/mol. The summed E-state index contributed by atoms with van der Waals surface area (Å²) >= 11 is 0. The van der Waals surface area contributed by atoms with Crippen LogP contribution in [0.15, 0.2) is 12.7 Å². The Morgan fingerprint density at radius 2 is 2.20 bits per heavy atom. The SMILES string of the molecule is CC1(F)C(O)COC1n1cnc2c(N3CC3)ncnc21. The van der Waals surface area contributed by atoms with E-state index in [0.717, 1.165) is 18.9 Å². The van der Waals surface area contributed by atoms with Gasteiger partial charge in [-0.05, 0) is 6.92 Å². The number of aliphatic hydroxyl groups excluding tert-OH is 1. The Balaban J connectivity index is 1.83. The Morgan fingerprint density at radius 3 is 2.85 bits per heavy atom. The van der Waals surface area contributed by atoms with E-state index in [1.54, 1.807) is 0 Å². The van der Waals surface area contributed by atoms with E-state index >= 15 is 0 Å². The first-order valence-electron chi connectivity index (χ1n) is 6.50. The fourth-order valence-electron chi connectivity index (χ4n) is 2.53. The summed E-state index contributed by atoms with van der Waals surface area (Å²) in [6.45, 7) is 3.17. The third kappa shape index (κ3) is 1.55. The lowest BCUT2D eigenvalue weighted by atomic mass is 10.0. The maximum atomic E-state index is 14.6. The molecule has 0 spiro atoms. The molecule has 1 N–H and O–H groups in total. The minimum absolute atomic E-state index is 0.0403. The number of fused-ring (bicyclic) bond motifs is 1. The van der Waals surface area contributed by atoms with E-state index in [4.69, 9.17) is 4.74 Å². The summed E-state index contributed by atoms with van der Waals surface area (Å²) in [6, 6.07) is 0. The normalized spacial score (nSPS) is 33.0. The molecule has 7 nitrogen and oxygen atoms in total. The number of nitrogens with zero attached hydrogens (tertiary/aromatic N) is 5. The fraction of sp³-hybridized carbons (Fsp3) is 0.583. The molecular formula is C12H14FN5O2. The van der Waals surface area contributed by atoms with E-state index in [1.165, 1.54) is 24.1 Å². The number of halogens is 1. The van der Waals surface area contributed by atoms with E-state index < -0.39 is 18.0 Å². The van der Waals surface area contributed by atoms with Gasteiger partial charge in [-0.15, -0.1) is 0 Å². The Kier molecular flexibility index (Phi) is 2.31. The van der Waals surface area contributed by atoms with Crippen LogP contribution < -0.4 is 4.90 Å². The molecule has 8 heteroatoms. The van der Waals surface area contributed by atoms with E-state index in [2.05, 4.69) is 19.9 Å². The highest BCUT2D eigenvalue weighted by molar-refractivity contribution is 5.84. The van der Waals surface area contributed by atoms with Gasteiger partial charge in [0.15, 0.2) is 28.9 Å². The topological polar surface area (TPSA) is 76.1 Å². The highest BCUT2D eigenvalue weighted by Crippen LogP contribution is 2.39. The minimum Gasteiger partial charge on any atom is -0.387 e. The van der Waals surface area contributed by atoms with E-state index in [9.17, 15) is 9.50 Å². The smallest absolute Gasteiger partial charge is 0.180 e. The Hall–Kier alpha value is -1.80. The monoisotopic (exact) mass is 279 g/mol. The number of imidazole rings is 1. The van der Waals surface area contributed by atoms with Crippen LogP contribution in [0, 0.1) is 0 Å². The maximum absolute atomic E-state index is 14.6. The molecule has 0 aromatic carbocycles. The van der Waals surface area contributed by atoms with Gasteiger partial charge in [-0.25, -0.2) is 19.3 Å². The van der Waals surface area contributed by atoms with Crippen LogP contribution in [0.4, 0.5) is 10.2 Å². The molecule has 4 heterocycles. The summed E-state index contributed by atoms with van der Waals surface area (Å²) in [5.74, 6) is 0.757. The van der Waals surface area contributed by atoms with E-state index in [-0.39, 0.29) is 6.61 Å². The molecule has 2 aromatic rings. The number of anilines is 1. The maximum Gasteiger partial charge on any atom is 0.180 e. The lowest BCUT2D eigenvalue weighted by Crippen LogP contribution is -2.37. The summed E-state index contributed by atoms with van der Waals surface area (Å²) in [5.41, 5.74) is -0.728. The van der Waals surface area contributed by atoms with E-state index in [0.29, 0.717) is 11.2 Å². The van der Waals surface area contributed by atoms with Crippen molar-refractivity contribution < 1.29 is 14.2 Å². The average Bonchev–Trinajstić information content (AvgIpc) is 3.13. The summed E-state index contributed by atoms with van der Waals surface area (Å²) < 4.78 is 21.5. The van der Waals surface area contributed by atoms with Crippen molar-refractivity contribution in [1.82, 2.24) is 19.5 Å². The Morgan fingerprint density at radius 1 is 1.40 bits per heavy atom. The van der Waals surface area contributed by atoms with Gasteiger partial charge in [0, 0.05) is 13.1 Å². The zero-order valence-corrected chi connectivity index (χ0v) is 10.9. The van der Waals surface area contributed by atoms with Crippen LogP contribution in [0.2, 0.25) is 0 Å². The summed E-state index contributed by atoms with van der Waals surface area (Å²) in [4.78, 5) is 14.7. The molecule has 4 rings (SSSR count). The van der Waals surface area contributed by atoms with Crippen LogP contribution in [0.3, 0.4) is 0 Å². The number of hydrogen-bond acceptors (Lipinski definition) is 6. The number of aliphatic hydroxyl groups is 1. The van der Waals surface area contributed by atoms with Gasteiger partial charge >= 0.3 is 0 Å². The molecule has 0 aliphatic carbocycles. The van der Waals surface area contributed by atoms with Crippen molar-refractivity contribution in [2.24, 2.45) is 0 Å². The molecule has 2 aliphatic rings. The van der Waals surface area contributed by atoms with Gasteiger partial charge in [0.05, 0.1) is 12.9 Å². The molecule has 2 fully saturated rings.